The second-order valence-corrected chi connectivity index (χ2v) is 9.72. The maximum absolute atomic E-state index is 13.4. The van der Waals surface area contributed by atoms with Crippen molar-refractivity contribution in [3.63, 3.8) is 0 Å². The van der Waals surface area contributed by atoms with Gasteiger partial charge in [-0.2, -0.15) is 0 Å². The molecule has 36 heavy (non-hydrogen) atoms. The summed E-state index contributed by atoms with van der Waals surface area (Å²) < 4.78 is 10.9. The highest BCUT2D eigenvalue weighted by atomic mass is 16.7. The van der Waals surface area contributed by atoms with Crippen LogP contribution in [-0.2, 0) is 11.3 Å². The molecular weight excluding hydrogens is 454 g/mol. The highest BCUT2D eigenvalue weighted by Crippen LogP contribution is 2.33. The summed E-state index contributed by atoms with van der Waals surface area (Å²) in [5.74, 6) is 2.77. The van der Waals surface area contributed by atoms with Gasteiger partial charge in [0.25, 0.3) is 0 Å². The minimum atomic E-state index is 0.00904. The molecular formula is C28H31N5O3. The summed E-state index contributed by atoms with van der Waals surface area (Å²) in [5.41, 5.74) is 3.13. The van der Waals surface area contributed by atoms with Crippen LogP contribution in [0.3, 0.4) is 0 Å². The summed E-state index contributed by atoms with van der Waals surface area (Å²) in [5, 5.41) is 8.92. The molecule has 2 aromatic carbocycles. The second-order valence-electron chi connectivity index (χ2n) is 9.72. The van der Waals surface area contributed by atoms with E-state index in [-0.39, 0.29) is 11.8 Å². The normalized spacial score (nSPS) is 19.9. The number of benzene rings is 2. The molecule has 0 N–H and O–H groups in total. The summed E-state index contributed by atoms with van der Waals surface area (Å²) in [6.07, 6.45) is 1.92. The zero-order chi connectivity index (χ0) is 24.3. The average Bonchev–Trinajstić information content (AvgIpc) is 3.42. The van der Waals surface area contributed by atoms with Gasteiger partial charge in [0.05, 0.1) is 11.6 Å². The summed E-state index contributed by atoms with van der Waals surface area (Å²) in [6, 6.07) is 20.2. The van der Waals surface area contributed by atoms with E-state index in [1.54, 1.807) is 0 Å². The maximum atomic E-state index is 13.4. The number of carbonyl (C=O) groups is 1. The average molecular weight is 486 g/mol. The number of hydrogen-bond donors (Lipinski definition) is 0. The minimum Gasteiger partial charge on any atom is -0.454 e. The fourth-order valence-electron chi connectivity index (χ4n) is 5.33. The molecule has 2 saturated heterocycles. The van der Waals surface area contributed by atoms with E-state index in [1.807, 2.05) is 48.5 Å². The molecule has 3 aliphatic rings. The van der Waals surface area contributed by atoms with Gasteiger partial charge < -0.3 is 19.3 Å². The van der Waals surface area contributed by atoms with E-state index < -0.39 is 0 Å². The van der Waals surface area contributed by atoms with Gasteiger partial charge in [0.1, 0.15) is 0 Å². The van der Waals surface area contributed by atoms with E-state index in [2.05, 4.69) is 37.0 Å². The lowest BCUT2D eigenvalue weighted by Gasteiger charge is -2.39. The number of amides is 1. The topological polar surface area (TPSA) is 71.0 Å². The first-order valence-corrected chi connectivity index (χ1v) is 12.8. The van der Waals surface area contributed by atoms with Crippen LogP contribution in [0.1, 0.15) is 18.4 Å². The molecule has 0 radical (unpaired) electrons. The van der Waals surface area contributed by atoms with Gasteiger partial charge in [-0.3, -0.25) is 9.69 Å². The fraction of sp³-hybridized carbons (Fsp3) is 0.393. The number of ether oxygens (including phenoxy) is 2. The molecule has 1 aromatic heterocycles. The number of nitrogens with zero attached hydrogens (tertiary/aromatic N) is 5. The molecule has 0 unspecified atom stereocenters. The van der Waals surface area contributed by atoms with E-state index in [0.29, 0.717) is 13.3 Å². The van der Waals surface area contributed by atoms with Crippen LogP contribution in [0.25, 0.3) is 11.3 Å². The molecule has 0 aliphatic carbocycles. The maximum Gasteiger partial charge on any atom is 0.231 e. The Balaban J connectivity index is 1.02. The van der Waals surface area contributed by atoms with Crippen molar-refractivity contribution < 1.29 is 14.3 Å². The highest BCUT2D eigenvalue weighted by molar-refractivity contribution is 5.80. The van der Waals surface area contributed by atoms with Crippen LogP contribution in [0, 0.1) is 5.92 Å². The Morgan fingerprint density at radius 3 is 2.53 bits per heavy atom. The van der Waals surface area contributed by atoms with Gasteiger partial charge >= 0.3 is 0 Å². The van der Waals surface area contributed by atoms with Gasteiger partial charge in [-0.25, -0.2) is 0 Å². The van der Waals surface area contributed by atoms with E-state index in [1.165, 1.54) is 5.56 Å². The molecule has 186 valence electrons. The number of hydrogen-bond acceptors (Lipinski definition) is 7. The predicted molar refractivity (Wildman–Crippen MR) is 137 cm³/mol. The molecule has 8 nitrogen and oxygen atoms in total. The number of piperazine rings is 1. The van der Waals surface area contributed by atoms with Crippen LogP contribution in [0.2, 0.25) is 0 Å². The molecule has 6 rings (SSSR count). The molecule has 4 heterocycles. The number of piperidine rings is 1. The van der Waals surface area contributed by atoms with Gasteiger partial charge in [-0.15, -0.1) is 10.2 Å². The predicted octanol–water partition coefficient (Wildman–Crippen LogP) is 3.43. The minimum absolute atomic E-state index is 0.00904. The standard InChI is InChI=1S/C28H31N5O3/c34-28(32-15-13-31(14-16-32)18-21-8-10-25-26(17-21)36-20-35-25)23-7-4-12-33(19-23)27-11-9-24(29-30-27)22-5-2-1-3-6-22/h1-3,5-6,8-11,17,23H,4,7,12-16,18-20H2/t23-/m0/s1. The van der Waals surface area contributed by atoms with Crippen LogP contribution in [0.15, 0.2) is 60.7 Å². The van der Waals surface area contributed by atoms with Crippen LogP contribution in [-0.4, -0.2) is 72.0 Å². The summed E-state index contributed by atoms with van der Waals surface area (Å²) in [7, 11) is 0. The number of anilines is 1. The first kappa shape index (κ1) is 22.8. The van der Waals surface area contributed by atoms with Crippen molar-refractivity contribution in [2.75, 3.05) is 51.0 Å². The van der Waals surface area contributed by atoms with Crippen LogP contribution in [0.5, 0.6) is 11.5 Å². The Morgan fingerprint density at radius 1 is 0.889 bits per heavy atom. The zero-order valence-electron chi connectivity index (χ0n) is 20.4. The Kier molecular flexibility index (Phi) is 6.42. The molecule has 3 aromatic rings. The third-order valence-corrected chi connectivity index (χ3v) is 7.34. The summed E-state index contributed by atoms with van der Waals surface area (Å²) in [4.78, 5) is 20.0. The molecule has 2 fully saturated rings. The monoisotopic (exact) mass is 485 g/mol. The van der Waals surface area contributed by atoms with E-state index in [0.717, 1.165) is 80.7 Å². The van der Waals surface area contributed by atoms with Crippen molar-refractivity contribution in [2.24, 2.45) is 5.92 Å². The quantitative estimate of drug-likeness (QED) is 0.548. The first-order chi connectivity index (χ1) is 17.7. The smallest absolute Gasteiger partial charge is 0.231 e. The summed E-state index contributed by atoms with van der Waals surface area (Å²) >= 11 is 0. The lowest BCUT2D eigenvalue weighted by Crippen LogP contribution is -2.52. The second kappa shape index (κ2) is 10.1. The number of fused-ring (bicyclic) bond motifs is 1. The lowest BCUT2D eigenvalue weighted by atomic mass is 9.96. The first-order valence-electron chi connectivity index (χ1n) is 12.8. The Morgan fingerprint density at radius 2 is 1.72 bits per heavy atom. The zero-order valence-corrected chi connectivity index (χ0v) is 20.4. The lowest BCUT2D eigenvalue weighted by molar-refractivity contribution is -0.137. The van der Waals surface area contributed by atoms with Crippen LogP contribution < -0.4 is 14.4 Å². The van der Waals surface area contributed by atoms with E-state index >= 15 is 0 Å². The number of carbonyl (C=O) groups excluding carboxylic acids is 1. The van der Waals surface area contributed by atoms with E-state index in [9.17, 15) is 4.79 Å². The van der Waals surface area contributed by atoms with E-state index in [4.69, 9.17) is 9.47 Å². The highest BCUT2D eigenvalue weighted by Gasteiger charge is 2.31. The summed E-state index contributed by atoms with van der Waals surface area (Å²) in [6.45, 7) is 6.06. The van der Waals surface area contributed by atoms with Crippen molar-refractivity contribution >= 4 is 11.7 Å². The number of rotatable bonds is 5. The van der Waals surface area contributed by atoms with Crippen molar-refractivity contribution in [3.05, 3.63) is 66.2 Å². The molecule has 0 saturated carbocycles. The molecule has 0 spiro atoms. The van der Waals surface area contributed by atoms with Crippen molar-refractivity contribution in [1.29, 1.82) is 0 Å². The van der Waals surface area contributed by atoms with Crippen molar-refractivity contribution in [3.8, 4) is 22.8 Å². The van der Waals surface area contributed by atoms with Crippen LogP contribution in [0.4, 0.5) is 5.82 Å². The Bertz CT molecular complexity index is 1200. The van der Waals surface area contributed by atoms with Gasteiger partial charge in [-0.05, 0) is 42.7 Å². The largest absolute Gasteiger partial charge is 0.454 e. The molecule has 0 bridgehead atoms. The third kappa shape index (κ3) is 4.86. The SMILES string of the molecule is O=C([C@H]1CCCN(c2ccc(-c3ccccc3)nn2)C1)N1CCN(Cc2ccc3c(c2)OCO3)CC1. The Hall–Kier alpha value is -3.65. The van der Waals surface area contributed by atoms with Gasteiger partial charge in [0.15, 0.2) is 17.3 Å². The molecule has 1 atom stereocenters. The number of aromatic nitrogens is 2. The molecule has 8 heteroatoms. The molecule has 1 amide bonds. The fourth-order valence-corrected chi connectivity index (χ4v) is 5.33. The van der Waals surface area contributed by atoms with Crippen molar-refractivity contribution in [1.82, 2.24) is 20.0 Å². The third-order valence-electron chi connectivity index (χ3n) is 7.34. The van der Waals surface area contributed by atoms with Gasteiger partial charge in [-0.1, -0.05) is 36.4 Å². The Labute approximate surface area is 211 Å². The van der Waals surface area contributed by atoms with Gasteiger partial charge in [0, 0.05) is 51.4 Å². The van der Waals surface area contributed by atoms with Crippen LogP contribution >= 0.6 is 0 Å². The molecule has 3 aliphatic heterocycles. The van der Waals surface area contributed by atoms with Gasteiger partial charge in [0.2, 0.25) is 12.7 Å². The van der Waals surface area contributed by atoms with Crippen molar-refractivity contribution in [2.45, 2.75) is 19.4 Å².